The lowest BCUT2D eigenvalue weighted by molar-refractivity contribution is 0.536. The van der Waals surface area contributed by atoms with E-state index in [2.05, 4.69) is 5.32 Å². The van der Waals surface area contributed by atoms with Gasteiger partial charge in [0.25, 0.3) is 0 Å². The lowest BCUT2D eigenvalue weighted by atomic mass is 10.3. The molecule has 0 aliphatic rings. The maximum Gasteiger partial charge on any atom is 0.159 e. The predicted octanol–water partition coefficient (Wildman–Crippen LogP) is 2.82. The van der Waals surface area contributed by atoms with Crippen molar-refractivity contribution in [2.75, 3.05) is 12.1 Å². The molecule has 1 nitrogen and oxygen atoms in total. The van der Waals surface area contributed by atoms with Gasteiger partial charge in [0.05, 0.1) is 5.02 Å². The number of nitrogens with one attached hydrogen (secondary N) is 1. The number of benzene rings is 1. The van der Waals surface area contributed by atoms with Gasteiger partial charge in [-0.05, 0) is 18.2 Å². The van der Waals surface area contributed by atoms with E-state index in [0.29, 0.717) is 5.69 Å². The summed E-state index contributed by atoms with van der Waals surface area (Å²) in [4.78, 5) is 0. The molecule has 1 aromatic rings. The van der Waals surface area contributed by atoms with Crippen LogP contribution in [0.2, 0.25) is 5.02 Å². The fourth-order valence-corrected chi connectivity index (χ4v) is 0.864. The summed E-state index contributed by atoms with van der Waals surface area (Å²) in [6.45, 7) is -0.692. The predicted molar refractivity (Wildman–Crippen MR) is 41.0 cm³/mol. The second-order valence-corrected chi connectivity index (χ2v) is 2.35. The molecule has 1 rings (SSSR count). The Labute approximate surface area is 68.0 Å². The van der Waals surface area contributed by atoms with Gasteiger partial charge in [0.15, 0.2) is 6.80 Å². The number of hydrogen-bond donors (Lipinski definition) is 1. The first-order valence-corrected chi connectivity index (χ1v) is 3.36. The highest BCUT2D eigenvalue weighted by Crippen LogP contribution is 2.18. The van der Waals surface area contributed by atoms with Crippen LogP contribution in [-0.4, -0.2) is 6.80 Å². The van der Waals surface area contributed by atoms with Crippen LogP contribution >= 0.6 is 11.6 Å². The van der Waals surface area contributed by atoms with Gasteiger partial charge in [-0.1, -0.05) is 11.6 Å². The topological polar surface area (TPSA) is 12.0 Å². The van der Waals surface area contributed by atoms with Crippen LogP contribution in [0, 0.1) is 5.82 Å². The molecule has 60 valence electrons. The van der Waals surface area contributed by atoms with E-state index in [1.54, 1.807) is 0 Å². The van der Waals surface area contributed by atoms with Crippen molar-refractivity contribution in [2.24, 2.45) is 0 Å². The zero-order valence-corrected chi connectivity index (χ0v) is 6.33. The SMILES string of the molecule is FCNc1ccc(F)c(Cl)c1. The Bertz CT molecular complexity index is 252. The summed E-state index contributed by atoms with van der Waals surface area (Å²) < 4.78 is 24.1. The van der Waals surface area contributed by atoms with E-state index in [1.807, 2.05) is 0 Å². The summed E-state index contributed by atoms with van der Waals surface area (Å²) >= 11 is 5.41. The van der Waals surface area contributed by atoms with Crippen molar-refractivity contribution in [3.05, 3.63) is 29.0 Å². The van der Waals surface area contributed by atoms with Crippen LogP contribution in [0.1, 0.15) is 0 Å². The van der Waals surface area contributed by atoms with Crippen LogP contribution in [0.3, 0.4) is 0 Å². The Morgan fingerprint density at radius 1 is 1.45 bits per heavy atom. The van der Waals surface area contributed by atoms with Gasteiger partial charge in [0.1, 0.15) is 5.82 Å². The minimum atomic E-state index is -0.692. The molecule has 0 spiro atoms. The van der Waals surface area contributed by atoms with Crippen molar-refractivity contribution in [3.8, 4) is 0 Å². The van der Waals surface area contributed by atoms with E-state index in [-0.39, 0.29) is 5.02 Å². The van der Waals surface area contributed by atoms with E-state index in [0.717, 1.165) is 0 Å². The molecular formula is C7H6ClF2N. The van der Waals surface area contributed by atoms with Crippen LogP contribution in [0.4, 0.5) is 14.5 Å². The first-order chi connectivity index (χ1) is 5.24. The molecule has 1 N–H and O–H groups in total. The number of halogens is 3. The smallest absolute Gasteiger partial charge is 0.159 e. The largest absolute Gasteiger partial charge is 0.358 e. The van der Waals surface area contributed by atoms with Crippen LogP contribution in [0.15, 0.2) is 18.2 Å². The summed E-state index contributed by atoms with van der Waals surface area (Å²) in [5, 5.41) is 2.35. The van der Waals surface area contributed by atoms with Crippen molar-refractivity contribution in [1.29, 1.82) is 0 Å². The van der Waals surface area contributed by atoms with Crippen molar-refractivity contribution in [3.63, 3.8) is 0 Å². The van der Waals surface area contributed by atoms with E-state index < -0.39 is 12.6 Å². The van der Waals surface area contributed by atoms with Gasteiger partial charge < -0.3 is 5.32 Å². The van der Waals surface area contributed by atoms with Crippen molar-refractivity contribution >= 4 is 17.3 Å². The average molecular weight is 178 g/mol. The maximum atomic E-state index is 12.5. The Morgan fingerprint density at radius 3 is 2.73 bits per heavy atom. The zero-order chi connectivity index (χ0) is 8.27. The third-order valence-corrected chi connectivity index (χ3v) is 1.48. The number of rotatable bonds is 2. The standard InChI is InChI=1S/C7H6ClF2N/c8-6-3-5(11-4-9)1-2-7(6)10/h1-3,11H,4H2. The molecule has 0 bridgehead atoms. The highest BCUT2D eigenvalue weighted by atomic mass is 35.5. The van der Waals surface area contributed by atoms with Crippen LogP contribution in [0.5, 0.6) is 0 Å². The lowest BCUT2D eigenvalue weighted by Gasteiger charge is -2.01. The Morgan fingerprint density at radius 2 is 2.18 bits per heavy atom. The van der Waals surface area contributed by atoms with Gasteiger partial charge in [-0.25, -0.2) is 8.78 Å². The van der Waals surface area contributed by atoms with Gasteiger partial charge in [-0.15, -0.1) is 0 Å². The fourth-order valence-electron chi connectivity index (χ4n) is 0.683. The molecule has 0 fully saturated rings. The monoisotopic (exact) mass is 177 g/mol. The molecule has 0 aliphatic heterocycles. The van der Waals surface area contributed by atoms with Crippen LogP contribution in [-0.2, 0) is 0 Å². The Balaban J connectivity index is 2.86. The van der Waals surface area contributed by atoms with Gasteiger partial charge in [0.2, 0.25) is 0 Å². The van der Waals surface area contributed by atoms with Crippen molar-refractivity contribution in [2.45, 2.75) is 0 Å². The van der Waals surface area contributed by atoms with Gasteiger partial charge in [0, 0.05) is 5.69 Å². The summed E-state index contributed by atoms with van der Waals surface area (Å²) in [5.74, 6) is -0.504. The zero-order valence-electron chi connectivity index (χ0n) is 5.57. The molecule has 0 atom stereocenters. The molecule has 0 aliphatic carbocycles. The highest BCUT2D eigenvalue weighted by molar-refractivity contribution is 6.31. The molecule has 0 aromatic heterocycles. The summed E-state index contributed by atoms with van der Waals surface area (Å²) in [7, 11) is 0. The second kappa shape index (κ2) is 3.53. The highest BCUT2D eigenvalue weighted by Gasteiger charge is 1.98. The molecule has 0 radical (unpaired) electrons. The third kappa shape index (κ3) is 2.05. The van der Waals surface area contributed by atoms with Gasteiger partial charge >= 0.3 is 0 Å². The molecule has 0 saturated carbocycles. The van der Waals surface area contributed by atoms with Crippen molar-refractivity contribution < 1.29 is 8.78 Å². The first kappa shape index (κ1) is 8.27. The lowest BCUT2D eigenvalue weighted by Crippen LogP contribution is -1.94. The van der Waals surface area contributed by atoms with Crippen LogP contribution < -0.4 is 5.32 Å². The quantitative estimate of drug-likeness (QED) is 0.685. The normalized spacial score (nSPS) is 9.73. The molecule has 0 heterocycles. The summed E-state index contributed by atoms with van der Waals surface area (Å²) in [6, 6.07) is 3.93. The molecular weight excluding hydrogens is 172 g/mol. The fraction of sp³-hybridized carbons (Fsp3) is 0.143. The molecule has 1 aromatic carbocycles. The van der Waals surface area contributed by atoms with E-state index in [9.17, 15) is 8.78 Å². The molecule has 0 amide bonds. The van der Waals surface area contributed by atoms with Gasteiger partial charge in [-0.2, -0.15) is 0 Å². The first-order valence-electron chi connectivity index (χ1n) is 2.99. The minimum Gasteiger partial charge on any atom is -0.358 e. The van der Waals surface area contributed by atoms with Gasteiger partial charge in [-0.3, -0.25) is 0 Å². The van der Waals surface area contributed by atoms with E-state index >= 15 is 0 Å². The van der Waals surface area contributed by atoms with Crippen LogP contribution in [0.25, 0.3) is 0 Å². The minimum absolute atomic E-state index is 0.0107. The number of hydrogen-bond acceptors (Lipinski definition) is 1. The van der Waals surface area contributed by atoms with Crippen molar-refractivity contribution in [1.82, 2.24) is 0 Å². The van der Waals surface area contributed by atoms with E-state index in [1.165, 1.54) is 18.2 Å². The number of alkyl halides is 1. The molecule has 0 unspecified atom stereocenters. The molecule has 11 heavy (non-hydrogen) atoms. The second-order valence-electron chi connectivity index (χ2n) is 1.94. The Kier molecular flexibility index (Phi) is 2.65. The summed E-state index contributed by atoms with van der Waals surface area (Å²) in [6.07, 6.45) is 0. The maximum absolute atomic E-state index is 12.5. The Hall–Kier alpha value is -0.830. The van der Waals surface area contributed by atoms with E-state index in [4.69, 9.17) is 11.6 Å². The molecule has 4 heteroatoms. The molecule has 0 saturated heterocycles. The average Bonchev–Trinajstić information content (AvgIpc) is 1.98. The third-order valence-electron chi connectivity index (χ3n) is 1.19. The number of anilines is 1. The summed E-state index contributed by atoms with van der Waals surface area (Å²) in [5.41, 5.74) is 0.471.